The summed E-state index contributed by atoms with van der Waals surface area (Å²) in [5.74, 6) is 0. The van der Waals surface area contributed by atoms with Gasteiger partial charge >= 0.3 is 5.51 Å². The molecule has 0 atom stereocenters. The minimum absolute atomic E-state index is 0.171. The maximum Gasteiger partial charge on any atom is 0.501 e. The molecule has 0 aliphatic heterocycles. The Morgan fingerprint density at radius 1 is 1.33 bits per heavy atom. The van der Waals surface area contributed by atoms with Crippen LogP contribution < -0.4 is 0 Å². The van der Waals surface area contributed by atoms with E-state index in [9.17, 15) is 31.7 Å². The highest BCUT2D eigenvalue weighted by Crippen LogP contribution is 2.34. The smallest absolute Gasteiger partial charge is 0.258 e. The van der Waals surface area contributed by atoms with Gasteiger partial charge in [0.15, 0.2) is 0 Å². The Balaban J connectivity index is 3.57. The summed E-state index contributed by atoms with van der Waals surface area (Å²) in [5, 5.41) is 10.3. The quantitative estimate of drug-likeness (QED) is 0.478. The lowest BCUT2D eigenvalue weighted by molar-refractivity contribution is -0.385. The van der Waals surface area contributed by atoms with Gasteiger partial charge in [0.2, 0.25) is 0 Å². The average Bonchev–Trinajstić information content (AvgIpc) is 2.26. The Morgan fingerprint density at radius 2 is 1.89 bits per heavy atom. The summed E-state index contributed by atoms with van der Waals surface area (Å²) in [6.45, 7) is 0. The predicted octanol–water partition coefficient (Wildman–Crippen LogP) is 2.78. The number of sulfone groups is 1. The fraction of sp³-hybridized carbons (Fsp3) is 0.250. The highest BCUT2D eigenvalue weighted by molar-refractivity contribution is 9.08. The van der Waals surface area contributed by atoms with Crippen molar-refractivity contribution in [1.82, 2.24) is 0 Å². The first kappa shape index (κ1) is 14.9. The summed E-state index contributed by atoms with van der Waals surface area (Å²) in [4.78, 5) is 8.37. The zero-order valence-corrected chi connectivity index (χ0v) is 10.8. The molecular formula is C8H5BrF3NO4S. The van der Waals surface area contributed by atoms with Gasteiger partial charge in [-0.15, -0.1) is 0 Å². The van der Waals surface area contributed by atoms with Crippen molar-refractivity contribution in [2.45, 2.75) is 15.7 Å². The lowest BCUT2D eigenvalue weighted by Gasteiger charge is -2.11. The van der Waals surface area contributed by atoms with Crippen molar-refractivity contribution in [3.8, 4) is 0 Å². The van der Waals surface area contributed by atoms with Crippen molar-refractivity contribution in [3.63, 3.8) is 0 Å². The highest BCUT2D eigenvalue weighted by atomic mass is 79.9. The molecule has 0 saturated carbocycles. The Hall–Kier alpha value is -1.16. The van der Waals surface area contributed by atoms with Crippen molar-refractivity contribution in [2.75, 3.05) is 0 Å². The minimum atomic E-state index is -5.61. The molecule has 0 N–H and O–H groups in total. The van der Waals surface area contributed by atoms with Crippen molar-refractivity contribution in [2.24, 2.45) is 0 Å². The van der Waals surface area contributed by atoms with Gasteiger partial charge in [-0.1, -0.05) is 22.0 Å². The second kappa shape index (κ2) is 4.84. The van der Waals surface area contributed by atoms with E-state index in [4.69, 9.17) is 0 Å². The molecule has 0 unspecified atom stereocenters. The number of alkyl halides is 4. The fourth-order valence-electron chi connectivity index (χ4n) is 1.14. The van der Waals surface area contributed by atoms with Gasteiger partial charge in [-0.3, -0.25) is 10.1 Å². The molecule has 0 radical (unpaired) electrons. The zero-order chi connectivity index (χ0) is 14.1. The van der Waals surface area contributed by atoms with Gasteiger partial charge in [0, 0.05) is 17.5 Å². The van der Waals surface area contributed by atoms with Crippen LogP contribution in [0.5, 0.6) is 0 Å². The Labute approximate surface area is 108 Å². The molecule has 0 bridgehead atoms. The predicted molar refractivity (Wildman–Crippen MR) is 59.0 cm³/mol. The van der Waals surface area contributed by atoms with Gasteiger partial charge in [0.25, 0.3) is 15.5 Å². The molecule has 0 aromatic heterocycles. The highest BCUT2D eigenvalue weighted by Gasteiger charge is 2.48. The number of hydrogen-bond acceptors (Lipinski definition) is 4. The van der Waals surface area contributed by atoms with E-state index in [-0.39, 0.29) is 10.9 Å². The van der Waals surface area contributed by atoms with Crippen molar-refractivity contribution < 1.29 is 26.5 Å². The third kappa shape index (κ3) is 2.64. The topological polar surface area (TPSA) is 77.3 Å². The van der Waals surface area contributed by atoms with E-state index in [0.717, 1.165) is 12.1 Å². The van der Waals surface area contributed by atoms with Crippen LogP contribution in [-0.4, -0.2) is 18.8 Å². The van der Waals surface area contributed by atoms with E-state index in [1.165, 1.54) is 0 Å². The monoisotopic (exact) mass is 347 g/mol. The summed E-state index contributed by atoms with van der Waals surface area (Å²) in [7, 11) is -5.61. The van der Waals surface area contributed by atoms with Gasteiger partial charge in [-0.05, 0) is 5.56 Å². The SMILES string of the molecule is O=[N+]([O-])c1ccc(CBr)c(S(=O)(=O)C(F)(F)F)c1. The second-order valence-corrected chi connectivity index (χ2v) is 5.60. The van der Waals surface area contributed by atoms with Gasteiger partial charge in [0.1, 0.15) is 0 Å². The van der Waals surface area contributed by atoms with E-state index >= 15 is 0 Å². The summed E-state index contributed by atoms with van der Waals surface area (Å²) < 4.78 is 59.7. The summed E-state index contributed by atoms with van der Waals surface area (Å²) in [6.07, 6.45) is 0. The lowest BCUT2D eigenvalue weighted by atomic mass is 10.2. The summed E-state index contributed by atoms with van der Waals surface area (Å²) in [5.41, 5.74) is -6.42. The molecule has 0 aliphatic rings. The van der Waals surface area contributed by atoms with Gasteiger partial charge in [-0.2, -0.15) is 13.2 Å². The maximum absolute atomic E-state index is 12.4. The number of nitrogens with zero attached hydrogens (tertiary/aromatic N) is 1. The van der Waals surface area contributed by atoms with Crippen LogP contribution >= 0.6 is 15.9 Å². The molecular weight excluding hydrogens is 343 g/mol. The molecule has 100 valence electrons. The largest absolute Gasteiger partial charge is 0.501 e. The second-order valence-electron chi connectivity index (χ2n) is 3.13. The fourth-order valence-corrected chi connectivity index (χ4v) is 2.83. The van der Waals surface area contributed by atoms with Crippen LogP contribution in [0.2, 0.25) is 0 Å². The minimum Gasteiger partial charge on any atom is -0.258 e. The number of hydrogen-bond donors (Lipinski definition) is 0. The molecule has 0 aliphatic carbocycles. The van der Waals surface area contributed by atoms with Crippen LogP contribution in [0, 0.1) is 10.1 Å². The van der Waals surface area contributed by atoms with E-state index in [1.54, 1.807) is 0 Å². The first-order valence-corrected chi connectivity index (χ1v) is 6.86. The van der Waals surface area contributed by atoms with Crippen molar-refractivity contribution in [3.05, 3.63) is 33.9 Å². The van der Waals surface area contributed by atoms with Crippen molar-refractivity contribution >= 4 is 31.5 Å². The average molecular weight is 348 g/mol. The van der Waals surface area contributed by atoms with Crippen molar-refractivity contribution in [1.29, 1.82) is 0 Å². The number of nitro groups is 1. The third-order valence-electron chi connectivity index (χ3n) is 2.00. The Bertz CT molecular complexity index is 584. The number of rotatable bonds is 3. The lowest BCUT2D eigenvalue weighted by Crippen LogP contribution is -2.24. The Morgan fingerprint density at radius 3 is 2.28 bits per heavy atom. The van der Waals surface area contributed by atoms with Gasteiger partial charge < -0.3 is 0 Å². The van der Waals surface area contributed by atoms with Crippen LogP contribution in [0.25, 0.3) is 0 Å². The van der Waals surface area contributed by atoms with Gasteiger partial charge in [0.05, 0.1) is 9.82 Å². The summed E-state index contributed by atoms with van der Waals surface area (Å²) in [6, 6.07) is 2.30. The molecule has 1 rings (SSSR count). The normalized spacial score (nSPS) is 12.4. The van der Waals surface area contributed by atoms with E-state index < -0.39 is 30.9 Å². The molecule has 0 amide bonds. The van der Waals surface area contributed by atoms with Crippen LogP contribution in [-0.2, 0) is 15.2 Å². The number of halogens is 4. The van der Waals surface area contributed by atoms with Crippen LogP contribution in [0.15, 0.2) is 23.1 Å². The Kier molecular flexibility index (Phi) is 4.01. The zero-order valence-electron chi connectivity index (χ0n) is 8.44. The van der Waals surface area contributed by atoms with E-state index in [2.05, 4.69) is 15.9 Å². The standard InChI is InChI=1S/C8H5BrF3NO4S/c9-4-5-1-2-6(13(14)15)3-7(5)18(16,17)8(10,11)12/h1-3H,4H2. The molecule has 0 heterocycles. The summed E-state index contributed by atoms with van der Waals surface area (Å²) >= 11 is 2.83. The molecule has 1 aromatic rings. The first-order valence-electron chi connectivity index (χ1n) is 4.26. The molecule has 0 fully saturated rings. The maximum atomic E-state index is 12.4. The molecule has 10 heteroatoms. The number of benzene rings is 1. The third-order valence-corrected chi connectivity index (χ3v) is 4.17. The van der Waals surface area contributed by atoms with E-state index in [0.29, 0.717) is 6.07 Å². The number of non-ortho nitro benzene ring substituents is 1. The molecule has 1 aromatic carbocycles. The number of nitro benzene ring substituents is 1. The van der Waals surface area contributed by atoms with Crippen LogP contribution in [0.4, 0.5) is 18.9 Å². The first-order chi connectivity index (χ1) is 8.11. The molecule has 0 spiro atoms. The molecule has 5 nitrogen and oxygen atoms in total. The van der Waals surface area contributed by atoms with Gasteiger partial charge in [-0.25, -0.2) is 8.42 Å². The van der Waals surface area contributed by atoms with Crippen LogP contribution in [0.3, 0.4) is 0 Å². The molecule has 18 heavy (non-hydrogen) atoms. The van der Waals surface area contributed by atoms with Crippen LogP contribution in [0.1, 0.15) is 5.56 Å². The molecule has 0 saturated heterocycles. The van der Waals surface area contributed by atoms with E-state index in [1.807, 2.05) is 0 Å².